The number of nitrogens with zero attached hydrogens (tertiary/aromatic N) is 2. The van der Waals surface area contributed by atoms with E-state index in [1.54, 1.807) is 23.6 Å². The summed E-state index contributed by atoms with van der Waals surface area (Å²) in [6.07, 6.45) is 0. The van der Waals surface area contributed by atoms with Crippen molar-refractivity contribution in [3.63, 3.8) is 0 Å². The van der Waals surface area contributed by atoms with Gasteiger partial charge in [-0.15, -0.1) is 11.3 Å². The van der Waals surface area contributed by atoms with Crippen LogP contribution in [0, 0.1) is 11.3 Å². The lowest BCUT2D eigenvalue weighted by atomic mass is 10.2. The van der Waals surface area contributed by atoms with Gasteiger partial charge in [0.05, 0.1) is 23.5 Å². The molecule has 2 N–H and O–H groups in total. The van der Waals surface area contributed by atoms with Crippen LogP contribution >= 0.6 is 22.9 Å². The summed E-state index contributed by atoms with van der Waals surface area (Å²) in [5.74, 6) is -1.04. The zero-order valence-electron chi connectivity index (χ0n) is 9.55. The largest absolute Gasteiger partial charge is 0.476 e. The van der Waals surface area contributed by atoms with E-state index in [1.165, 1.54) is 0 Å². The number of aromatic carboxylic acids is 1. The molecule has 2 aromatic rings. The Hall–Kier alpha value is -2.10. The molecule has 0 aliphatic heterocycles. The standard InChI is InChI=1S/C12H8ClN3O2S/c13-8-2-1-7(4-14)10(3-8)15-5-9-6-19-11(16-9)12(17)18/h1-3,6,15H,5H2,(H,17,18). The number of benzene rings is 1. The third-order valence-electron chi connectivity index (χ3n) is 2.30. The van der Waals surface area contributed by atoms with Gasteiger partial charge < -0.3 is 10.4 Å². The van der Waals surface area contributed by atoms with Gasteiger partial charge in [0, 0.05) is 10.4 Å². The lowest BCUT2D eigenvalue weighted by Crippen LogP contribution is -2.03. The maximum Gasteiger partial charge on any atom is 0.365 e. The molecule has 5 nitrogen and oxygen atoms in total. The van der Waals surface area contributed by atoms with Gasteiger partial charge >= 0.3 is 5.97 Å². The summed E-state index contributed by atoms with van der Waals surface area (Å²) in [6, 6.07) is 6.95. The first-order valence-corrected chi connectivity index (χ1v) is 6.47. The van der Waals surface area contributed by atoms with Crippen LogP contribution in [-0.2, 0) is 6.54 Å². The minimum Gasteiger partial charge on any atom is -0.476 e. The Balaban J connectivity index is 2.12. The Morgan fingerprint density at radius 2 is 2.37 bits per heavy atom. The molecule has 0 spiro atoms. The molecule has 0 saturated heterocycles. The summed E-state index contributed by atoms with van der Waals surface area (Å²) in [5, 5.41) is 23.0. The highest BCUT2D eigenvalue weighted by Crippen LogP contribution is 2.21. The van der Waals surface area contributed by atoms with Crippen molar-refractivity contribution >= 4 is 34.6 Å². The molecule has 7 heteroatoms. The molecule has 1 heterocycles. The van der Waals surface area contributed by atoms with Crippen LogP contribution in [-0.4, -0.2) is 16.1 Å². The van der Waals surface area contributed by atoms with E-state index < -0.39 is 5.97 Å². The molecule has 96 valence electrons. The summed E-state index contributed by atoms with van der Waals surface area (Å²) in [7, 11) is 0. The number of nitriles is 1. The fourth-order valence-electron chi connectivity index (χ4n) is 1.43. The molecule has 0 amide bonds. The average Bonchev–Trinajstić information content (AvgIpc) is 2.85. The molecule has 0 saturated carbocycles. The van der Waals surface area contributed by atoms with Gasteiger partial charge in [0.2, 0.25) is 5.01 Å². The van der Waals surface area contributed by atoms with Crippen LogP contribution in [0.1, 0.15) is 21.1 Å². The number of carboxylic acids is 1. The van der Waals surface area contributed by atoms with Crippen LogP contribution in [0.3, 0.4) is 0 Å². The first-order chi connectivity index (χ1) is 9.10. The number of hydrogen-bond donors (Lipinski definition) is 2. The Morgan fingerprint density at radius 1 is 1.58 bits per heavy atom. The van der Waals surface area contributed by atoms with E-state index in [2.05, 4.69) is 10.3 Å². The number of halogens is 1. The predicted octanol–water partition coefficient (Wildman–Crippen LogP) is 2.98. The second-order valence-corrected chi connectivity index (χ2v) is 4.90. The highest BCUT2D eigenvalue weighted by molar-refractivity contribution is 7.11. The van der Waals surface area contributed by atoms with Crippen molar-refractivity contribution in [3.05, 3.63) is 44.9 Å². The topological polar surface area (TPSA) is 86.0 Å². The molecule has 0 unspecified atom stereocenters. The van der Waals surface area contributed by atoms with Crippen LogP contribution in [0.5, 0.6) is 0 Å². The van der Waals surface area contributed by atoms with E-state index >= 15 is 0 Å². The van der Waals surface area contributed by atoms with E-state index in [9.17, 15) is 4.79 Å². The minimum atomic E-state index is -1.04. The molecule has 1 aromatic heterocycles. The monoisotopic (exact) mass is 293 g/mol. The quantitative estimate of drug-likeness (QED) is 0.905. The fraction of sp³-hybridized carbons (Fsp3) is 0.0833. The number of hydrogen-bond acceptors (Lipinski definition) is 5. The molecule has 1 aromatic carbocycles. The van der Waals surface area contributed by atoms with Crippen molar-refractivity contribution in [2.24, 2.45) is 0 Å². The Labute approximate surface area is 118 Å². The fourth-order valence-corrected chi connectivity index (χ4v) is 2.26. The van der Waals surface area contributed by atoms with Crippen molar-refractivity contribution in [3.8, 4) is 6.07 Å². The minimum absolute atomic E-state index is 0.0448. The van der Waals surface area contributed by atoms with Gasteiger partial charge in [-0.05, 0) is 18.2 Å². The molecule has 0 bridgehead atoms. The van der Waals surface area contributed by atoms with Gasteiger partial charge in [0.15, 0.2) is 0 Å². The molecule has 0 aliphatic rings. The third-order valence-corrected chi connectivity index (χ3v) is 3.41. The van der Waals surface area contributed by atoms with Crippen LogP contribution in [0.15, 0.2) is 23.6 Å². The van der Waals surface area contributed by atoms with Gasteiger partial charge in [-0.2, -0.15) is 5.26 Å². The van der Waals surface area contributed by atoms with E-state index in [-0.39, 0.29) is 5.01 Å². The summed E-state index contributed by atoms with van der Waals surface area (Å²) < 4.78 is 0. The van der Waals surface area contributed by atoms with Crippen molar-refractivity contribution < 1.29 is 9.90 Å². The summed E-state index contributed by atoms with van der Waals surface area (Å²) in [5.41, 5.74) is 1.67. The molecule has 2 rings (SSSR count). The first-order valence-electron chi connectivity index (χ1n) is 5.21. The predicted molar refractivity (Wildman–Crippen MR) is 72.6 cm³/mol. The van der Waals surface area contributed by atoms with Crippen molar-refractivity contribution in [1.29, 1.82) is 5.26 Å². The number of anilines is 1. The van der Waals surface area contributed by atoms with Gasteiger partial charge in [-0.3, -0.25) is 0 Å². The molecule has 0 fully saturated rings. The van der Waals surface area contributed by atoms with Crippen molar-refractivity contribution in [2.75, 3.05) is 5.32 Å². The lowest BCUT2D eigenvalue weighted by molar-refractivity contribution is 0.0696. The van der Waals surface area contributed by atoms with Gasteiger partial charge in [-0.25, -0.2) is 9.78 Å². The second-order valence-electron chi connectivity index (χ2n) is 3.60. The van der Waals surface area contributed by atoms with Crippen LogP contribution in [0.25, 0.3) is 0 Å². The average molecular weight is 294 g/mol. The van der Waals surface area contributed by atoms with E-state index in [0.717, 1.165) is 11.3 Å². The maximum absolute atomic E-state index is 10.7. The van der Waals surface area contributed by atoms with Crippen LogP contribution < -0.4 is 5.32 Å². The molecular formula is C12H8ClN3O2S. The van der Waals surface area contributed by atoms with Crippen molar-refractivity contribution in [2.45, 2.75) is 6.54 Å². The zero-order chi connectivity index (χ0) is 13.8. The lowest BCUT2D eigenvalue weighted by Gasteiger charge is -2.06. The molecule has 0 atom stereocenters. The number of carbonyl (C=O) groups is 1. The number of carboxylic acid groups (broad SMARTS) is 1. The van der Waals surface area contributed by atoms with Crippen molar-refractivity contribution in [1.82, 2.24) is 4.98 Å². The Morgan fingerprint density at radius 3 is 3.00 bits per heavy atom. The van der Waals surface area contributed by atoms with Gasteiger partial charge in [0.1, 0.15) is 6.07 Å². The summed E-state index contributed by atoms with van der Waals surface area (Å²) in [4.78, 5) is 14.6. The summed E-state index contributed by atoms with van der Waals surface area (Å²) in [6.45, 7) is 0.332. The van der Waals surface area contributed by atoms with Gasteiger partial charge in [0.25, 0.3) is 0 Å². The van der Waals surface area contributed by atoms with Crippen LogP contribution in [0.2, 0.25) is 5.02 Å². The van der Waals surface area contributed by atoms with Crippen LogP contribution in [0.4, 0.5) is 5.69 Å². The smallest absolute Gasteiger partial charge is 0.365 e. The van der Waals surface area contributed by atoms with Gasteiger partial charge in [-0.1, -0.05) is 11.6 Å². The molecule has 19 heavy (non-hydrogen) atoms. The number of rotatable bonds is 4. The Bertz CT molecular complexity index is 663. The summed E-state index contributed by atoms with van der Waals surface area (Å²) >= 11 is 6.92. The number of nitrogens with one attached hydrogen (secondary N) is 1. The molecule has 0 aliphatic carbocycles. The second kappa shape index (κ2) is 5.69. The highest BCUT2D eigenvalue weighted by Gasteiger charge is 2.09. The SMILES string of the molecule is N#Cc1ccc(Cl)cc1NCc1csc(C(=O)O)n1. The van der Waals surface area contributed by atoms with E-state index in [0.29, 0.717) is 28.5 Å². The zero-order valence-corrected chi connectivity index (χ0v) is 11.1. The third kappa shape index (κ3) is 3.22. The molecular weight excluding hydrogens is 286 g/mol. The molecule has 0 radical (unpaired) electrons. The normalized spacial score (nSPS) is 9.89. The maximum atomic E-state index is 10.7. The first kappa shape index (κ1) is 13.3. The Kier molecular flexibility index (Phi) is 4.00. The number of aromatic nitrogens is 1. The number of thiazole rings is 1. The van der Waals surface area contributed by atoms with E-state index in [1.807, 2.05) is 6.07 Å². The van der Waals surface area contributed by atoms with E-state index in [4.69, 9.17) is 22.0 Å². The highest BCUT2D eigenvalue weighted by atomic mass is 35.5.